The molecule has 0 saturated heterocycles. The van der Waals surface area contributed by atoms with Crippen LogP contribution in [0.5, 0.6) is 0 Å². The summed E-state index contributed by atoms with van der Waals surface area (Å²) in [5.74, 6) is 0. The van der Waals surface area contributed by atoms with Crippen molar-refractivity contribution in [3.05, 3.63) is 11.1 Å². The average molecular weight is 150 g/mol. The number of nitrogens with zero attached hydrogens (tertiary/aromatic N) is 2. The minimum atomic E-state index is 0.0174. The third kappa shape index (κ3) is 1.44. The number of nitriles is 1. The van der Waals surface area contributed by atoms with E-state index in [2.05, 4.69) is 24.8 Å². The van der Waals surface area contributed by atoms with Crippen LogP contribution in [0.2, 0.25) is 0 Å². The molecular formula is C9H14N2. The van der Waals surface area contributed by atoms with E-state index >= 15 is 0 Å². The van der Waals surface area contributed by atoms with Crippen molar-refractivity contribution in [2.75, 3.05) is 13.6 Å². The minimum Gasteiger partial charge on any atom is -0.287 e. The summed E-state index contributed by atoms with van der Waals surface area (Å²) in [6.45, 7) is 5.19. The van der Waals surface area contributed by atoms with E-state index in [1.54, 1.807) is 0 Å². The van der Waals surface area contributed by atoms with Crippen LogP contribution >= 0.6 is 0 Å². The summed E-state index contributed by atoms with van der Waals surface area (Å²) in [7, 11) is 2.00. The lowest BCUT2D eigenvalue weighted by molar-refractivity contribution is 0.299. The standard InChI is InChI=1S/C9H14N2/c1-7-4-5-11(3)9(6-10)8(7)2/h9H,4-5H2,1-3H3. The van der Waals surface area contributed by atoms with Gasteiger partial charge in [0.25, 0.3) is 0 Å². The van der Waals surface area contributed by atoms with Crippen LogP contribution in [0.15, 0.2) is 11.1 Å². The van der Waals surface area contributed by atoms with E-state index in [-0.39, 0.29) is 6.04 Å². The van der Waals surface area contributed by atoms with Crippen molar-refractivity contribution < 1.29 is 0 Å². The molecule has 2 heteroatoms. The Kier molecular flexibility index (Phi) is 2.31. The predicted molar refractivity (Wildman–Crippen MR) is 45.0 cm³/mol. The molecule has 1 heterocycles. The molecule has 0 bridgehead atoms. The highest BCUT2D eigenvalue weighted by molar-refractivity contribution is 5.25. The maximum Gasteiger partial charge on any atom is 0.119 e. The SMILES string of the molecule is CC1=C(C)C(C#N)N(C)CC1. The second-order valence-corrected chi connectivity index (χ2v) is 3.23. The number of rotatable bonds is 0. The van der Waals surface area contributed by atoms with Crippen molar-refractivity contribution in [1.82, 2.24) is 4.90 Å². The summed E-state index contributed by atoms with van der Waals surface area (Å²) >= 11 is 0. The largest absolute Gasteiger partial charge is 0.287 e. The van der Waals surface area contributed by atoms with E-state index in [1.807, 2.05) is 7.05 Å². The van der Waals surface area contributed by atoms with Crippen molar-refractivity contribution in [2.24, 2.45) is 0 Å². The van der Waals surface area contributed by atoms with Crippen LogP contribution in [0.3, 0.4) is 0 Å². The molecule has 1 unspecified atom stereocenters. The van der Waals surface area contributed by atoms with Crippen LogP contribution in [0.1, 0.15) is 20.3 Å². The fourth-order valence-electron chi connectivity index (χ4n) is 1.43. The molecule has 0 spiro atoms. The Hall–Kier alpha value is -0.810. The summed E-state index contributed by atoms with van der Waals surface area (Å²) in [4.78, 5) is 2.10. The van der Waals surface area contributed by atoms with Crippen molar-refractivity contribution in [3.63, 3.8) is 0 Å². The van der Waals surface area contributed by atoms with Crippen LogP contribution in [-0.2, 0) is 0 Å². The summed E-state index contributed by atoms with van der Waals surface area (Å²) in [6.07, 6.45) is 1.11. The molecule has 0 radical (unpaired) electrons. The van der Waals surface area contributed by atoms with E-state index in [4.69, 9.17) is 5.26 Å². The molecule has 0 aliphatic carbocycles. The zero-order chi connectivity index (χ0) is 8.43. The Morgan fingerprint density at radius 3 is 2.64 bits per heavy atom. The molecule has 1 atom stereocenters. The van der Waals surface area contributed by atoms with Crippen LogP contribution in [0, 0.1) is 11.3 Å². The highest BCUT2D eigenvalue weighted by atomic mass is 15.1. The molecule has 0 aromatic heterocycles. The Morgan fingerprint density at radius 1 is 1.55 bits per heavy atom. The van der Waals surface area contributed by atoms with Crippen molar-refractivity contribution in [2.45, 2.75) is 26.3 Å². The van der Waals surface area contributed by atoms with Gasteiger partial charge in [-0.1, -0.05) is 5.57 Å². The number of hydrogen-bond donors (Lipinski definition) is 0. The van der Waals surface area contributed by atoms with Gasteiger partial charge in [0.05, 0.1) is 6.07 Å². The molecule has 1 aliphatic rings. The molecule has 60 valence electrons. The van der Waals surface area contributed by atoms with Gasteiger partial charge in [-0.2, -0.15) is 5.26 Å². The predicted octanol–water partition coefficient (Wildman–Crippen LogP) is 1.55. The van der Waals surface area contributed by atoms with Gasteiger partial charge < -0.3 is 0 Å². The fraction of sp³-hybridized carbons (Fsp3) is 0.667. The Morgan fingerprint density at radius 2 is 2.18 bits per heavy atom. The quantitative estimate of drug-likeness (QED) is 0.490. The first kappa shape index (κ1) is 8.29. The molecule has 0 aromatic rings. The Balaban J connectivity index is 2.89. The molecule has 0 fully saturated rings. The summed E-state index contributed by atoms with van der Waals surface area (Å²) < 4.78 is 0. The van der Waals surface area contributed by atoms with Crippen LogP contribution in [-0.4, -0.2) is 24.5 Å². The lowest BCUT2D eigenvalue weighted by Crippen LogP contribution is -2.36. The molecule has 0 amide bonds. The van der Waals surface area contributed by atoms with Gasteiger partial charge in [0, 0.05) is 6.54 Å². The van der Waals surface area contributed by atoms with Crippen molar-refractivity contribution >= 4 is 0 Å². The minimum absolute atomic E-state index is 0.0174. The molecular weight excluding hydrogens is 136 g/mol. The topological polar surface area (TPSA) is 27.0 Å². The maximum atomic E-state index is 8.82. The third-order valence-corrected chi connectivity index (χ3v) is 2.49. The van der Waals surface area contributed by atoms with Gasteiger partial charge in [0.1, 0.15) is 6.04 Å². The van der Waals surface area contributed by atoms with E-state index in [9.17, 15) is 0 Å². The zero-order valence-corrected chi connectivity index (χ0v) is 7.39. The van der Waals surface area contributed by atoms with Crippen LogP contribution in [0.4, 0.5) is 0 Å². The van der Waals surface area contributed by atoms with Crippen molar-refractivity contribution in [3.8, 4) is 6.07 Å². The van der Waals surface area contributed by atoms with Gasteiger partial charge in [-0.15, -0.1) is 0 Å². The smallest absolute Gasteiger partial charge is 0.119 e. The van der Waals surface area contributed by atoms with E-state index in [0.717, 1.165) is 13.0 Å². The summed E-state index contributed by atoms with van der Waals surface area (Å²) in [5, 5.41) is 8.82. The van der Waals surface area contributed by atoms with Gasteiger partial charge in [-0.25, -0.2) is 0 Å². The van der Waals surface area contributed by atoms with Gasteiger partial charge in [0.15, 0.2) is 0 Å². The van der Waals surface area contributed by atoms with E-state index in [1.165, 1.54) is 11.1 Å². The monoisotopic (exact) mass is 150 g/mol. The normalized spacial score (nSPS) is 26.9. The second kappa shape index (κ2) is 3.06. The molecule has 11 heavy (non-hydrogen) atoms. The molecule has 0 N–H and O–H groups in total. The first-order chi connectivity index (χ1) is 5.16. The lowest BCUT2D eigenvalue weighted by atomic mass is 9.96. The van der Waals surface area contributed by atoms with Crippen LogP contribution < -0.4 is 0 Å². The van der Waals surface area contributed by atoms with Crippen molar-refractivity contribution in [1.29, 1.82) is 5.26 Å². The highest BCUT2D eigenvalue weighted by Gasteiger charge is 2.21. The molecule has 1 aliphatic heterocycles. The third-order valence-electron chi connectivity index (χ3n) is 2.49. The van der Waals surface area contributed by atoms with Crippen LogP contribution in [0.25, 0.3) is 0 Å². The highest BCUT2D eigenvalue weighted by Crippen LogP contribution is 2.21. The second-order valence-electron chi connectivity index (χ2n) is 3.23. The molecule has 0 saturated carbocycles. The maximum absolute atomic E-state index is 8.82. The summed E-state index contributed by atoms with van der Waals surface area (Å²) in [5.41, 5.74) is 2.62. The van der Waals surface area contributed by atoms with Gasteiger partial charge in [0.2, 0.25) is 0 Å². The summed E-state index contributed by atoms with van der Waals surface area (Å²) in [6, 6.07) is 2.32. The van der Waals surface area contributed by atoms with E-state index < -0.39 is 0 Å². The van der Waals surface area contributed by atoms with Gasteiger partial charge >= 0.3 is 0 Å². The molecule has 0 aromatic carbocycles. The Labute approximate surface area is 68.1 Å². The average Bonchev–Trinajstić information content (AvgIpc) is 1.99. The fourth-order valence-corrected chi connectivity index (χ4v) is 1.43. The van der Waals surface area contributed by atoms with E-state index in [0.29, 0.717) is 0 Å². The van der Waals surface area contributed by atoms with Gasteiger partial charge in [-0.05, 0) is 32.9 Å². The first-order valence-electron chi connectivity index (χ1n) is 3.93. The zero-order valence-electron chi connectivity index (χ0n) is 7.39. The number of likely N-dealkylation sites (N-methyl/N-ethyl adjacent to an activating group) is 1. The molecule has 2 nitrogen and oxygen atoms in total. The first-order valence-corrected chi connectivity index (χ1v) is 3.93. The lowest BCUT2D eigenvalue weighted by Gasteiger charge is -2.29. The Bertz CT molecular complexity index is 222. The molecule has 1 rings (SSSR count). The van der Waals surface area contributed by atoms with Gasteiger partial charge in [-0.3, -0.25) is 4.90 Å². The number of hydrogen-bond acceptors (Lipinski definition) is 2.